The van der Waals surface area contributed by atoms with Gasteiger partial charge in [-0.1, -0.05) is 17.7 Å². The number of ether oxygens (including phenoxy) is 2. The maximum Gasteiger partial charge on any atom is 0.293 e. The van der Waals surface area contributed by atoms with Crippen LogP contribution < -0.4 is 5.73 Å². The summed E-state index contributed by atoms with van der Waals surface area (Å²) in [4.78, 5) is 14.6. The molecular weight excluding hydrogens is 374 g/mol. The summed E-state index contributed by atoms with van der Waals surface area (Å²) in [5.74, 6) is -2.63. The van der Waals surface area contributed by atoms with Crippen LogP contribution in [-0.4, -0.2) is 29.9 Å². The largest absolute Gasteiger partial charge is 0.386 e. The predicted octanol–water partition coefficient (Wildman–Crippen LogP) is 2.46. The fourth-order valence-electron chi connectivity index (χ4n) is 4.08. The van der Waals surface area contributed by atoms with Crippen LogP contribution in [-0.2, 0) is 9.47 Å². The molecule has 0 radical (unpaired) electrons. The van der Waals surface area contributed by atoms with E-state index < -0.39 is 27.6 Å². The van der Waals surface area contributed by atoms with Gasteiger partial charge >= 0.3 is 0 Å². The van der Waals surface area contributed by atoms with Gasteiger partial charge in [-0.2, -0.15) is 10.5 Å². The van der Waals surface area contributed by atoms with Crippen LogP contribution in [0.15, 0.2) is 23.2 Å². The van der Waals surface area contributed by atoms with Crippen LogP contribution >= 0.6 is 11.6 Å². The highest BCUT2D eigenvalue weighted by atomic mass is 35.5. The van der Waals surface area contributed by atoms with Crippen LogP contribution in [0.5, 0.6) is 0 Å². The Labute approximate surface area is 160 Å². The molecule has 140 valence electrons. The standard InChI is InChI=1S/C17H16ClN5O4/c1-3-26-17(27-4-2)16(9-20)13(15(16,8-19)14(21)22-17)11-6-5-10(23(24)25)7-12(11)18/h5-7,13H,3-4H2,1-2H3,(H2,21,22)/t13-,15+,16+/m0/s1. The van der Waals surface area contributed by atoms with Gasteiger partial charge in [-0.05, 0) is 19.4 Å². The Hall–Kier alpha value is -2.72. The van der Waals surface area contributed by atoms with Crippen molar-refractivity contribution in [2.45, 2.75) is 25.7 Å². The average Bonchev–Trinajstić information content (AvgIpc) is 3.20. The lowest BCUT2D eigenvalue weighted by atomic mass is 9.93. The van der Waals surface area contributed by atoms with Crippen LogP contribution in [0, 0.1) is 43.6 Å². The molecule has 2 aliphatic rings. The number of nitriles is 2. The van der Waals surface area contributed by atoms with Crippen molar-refractivity contribution in [3.05, 3.63) is 38.9 Å². The molecule has 0 aromatic heterocycles. The maximum absolute atomic E-state index is 11.0. The number of nitro groups is 1. The summed E-state index contributed by atoms with van der Waals surface area (Å²) in [5, 5.41) is 31.1. The van der Waals surface area contributed by atoms with E-state index in [0.29, 0.717) is 5.56 Å². The van der Waals surface area contributed by atoms with Gasteiger partial charge < -0.3 is 15.2 Å². The molecule has 27 heavy (non-hydrogen) atoms. The highest BCUT2D eigenvalue weighted by molar-refractivity contribution is 6.31. The van der Waals surface area contributed by atoms with Gasteiger partial charge in [-0.25, -0.2) is 4.99 Å². The van der Waals surface area contributed by atoms with Crippen molar-refractivity contribution in [3.63, 3.8) is 0 Å². The van der Waals surface area contributed by atoms with Crippen LogP contribution in [0.2, 0.25) is 5.02 Å². The number of hydrogen-bond acceptors (Lipinski definition) is 8. The summed E-state index contributed by atoms with van der Waals surface area (Å²) in [6.45, 7) is 3.76. The maximum atomic E-state index is 11.0. The Morgan fingerprint density at radius 1 is 1.33 bits per heavy atom. The quantitative estimate of drug-likeness (QED) is 0.446. The number of nitro benzene ring substituents is 1. The second-order valence-corrected chi connectivity index (χ2v) is 6.59. The zero-order valence-corrected chi connectivity index (χ0v) is 15.4. The van der Waals surface area contributed by atoms with Crippen molar-refractivity contribution < 1.29 is 14.4 Å². The Morgan fingerprint density at radius 3 is 2.41 bits per heavy atom. The van der Waals surface area contributed by atoms with Gasteiger partial charge in [-0.3, -0.25) is 10.1 Å². The van der Waals surface area contributed by atoms with Crippen LogP contribution in [0.4, 0.5) is 5.69 Å². The third kappa shape index (κ3) is 2.07. The number of non-ortho nitro benzene ring substituents is 1. The fourth-order valence-corrected chi connectivity index (χ4v) is 4.36. The Morgan fingerprint density at radius 2 is 1.96 bits per heavy atom. The molecule has 1 aromatic carbocycles. The Kier molecular flexibility index (Phi) is 4.35. The first-order chi connectivity index (χ1) is 12.8. The number of nitrogens with two attached hydrogens (primary N) is 1. The zero-order chi connectivity index (χ0) is 20.0. The summed E-state index contributed by atoms with van der Waals surface area (Å²) >= 11 is 6.27. The molecule has 2 N–H and O–H groups in total. The molecule has 3 atom stereocenters. The number of benzene rings is 1. The third-order valence-electron chi connectivity index (χ3n) is 5.11. The van der Waals surface area contributed by atoms with Crippen LogP contribution in [0.25, 0.3) is 0 Å². The summed E-state index contributed by atoms with van der Waals surface area (Å²) in [7, 11) is 0. The lowest BCUT2D eigenvalue weighted by Gasteiger charge is -2.31. The van der Waals surface area contributed by atoms with Gasteiger partial charge in [0.05, 0.1) is 22.1 Å². The van der Waals surface area contributed by atoms with E-state index in [1.165, 1.54) is 18.2 Å². The van der Waals surface area contributed by atoms with E-state index in [9.17, 15) is 20.6 Å². The first-order valence-electron chi connectivity index (χ1n) is 8.21. The minimum Gasteiger partial charge on any atom is -0.386 e. The Bertz CT molecular complexity index is 930. The number of amidine groups is 1. The van der Waals surface area contributed by atoms with E-state index in [-0.39, 0.29) is 29.8 Å². The predicted molar refractivity (Wildman–Crippen MR) is 94.5 cm³/mol. The van der Waals surface area contributed by atoms with Crippen LogP contribution in [0.3, 0.4) is 0 Å². The molecule has 1 fully saturated rings. The molecule has 10 heteroatoms. The molecule has 1 saturated carbocycles. The van der Waals surface area contributed by atoms with Gasteiger partial charge in [0.15, 0.2) is 5.41 Å². The van der Waals surface area contributed by atoms with Crippen LogP contribution in [0.1, 0.15) is 25.3 Å². The number of fused-ring (bicyclic) bond motifs is 1. The molecule has 0 spiro atoms. The summed E-state index contributed by atoms with van der Waals surface area (Å²) in [6.07, 6.45) is 0. The molecule has 1 aliphatic carbocycles. The van der Waals surface area contributed by atoms with E-state index in [4.69, 9.17) is 26.8 Å². The molecular formula is C17H16ClN5O4. The van der Waals surface area contributed by atoms with Gasteiger partial charge in [0.2, 0.25) is 0 Å². The molecule has 1 heterocycles. The first kappa shape index (κ1) is 19.1. The zero-order valence-electron chi connectivity index (χ0n) is 14.6. The van der Waals surface area contributed by atoms with E-state index in [1.807, 2.05) is 0 Å². The minimum atomic E-state index is -1.75. The number of hydrogen-bond donors (Lipinski definition) is 1. The molecule has 1 aliphatic heterocycles. The van der Waals surface area contributed by atoms with E-state index in [0.717, 1.165) is 0 Å². The average molecular weight is 390 g/mol. The van der Waals surface area contributed by atoms with Crippen molar-refractivity contribution in [1.29, 1.82) is 10.5 Å². The normalized spacial score (nSPS) is 30.0. The third-order valence-corrected chi connectivity index (χ3v) is 5.44. The van der Waals surface area contributed by atoms with Crippen molar-refractivity contribution >= 4 is 23.1 Å². The summed E-state index contributed by atoms with van der Waals surface area (Å²) in [5.41, 5.74) is 3.22. The lowest BCUT2D eigenvalue weighted by Crippen LogP contribution is -2.43. The second-order valence-electron chi connectivity index (χ2n) is 6.18. The number of nitrogens with zero attached hydrogens (tertiary/aromatic N) is 4. The van der Waals surface area contributed by atoms with Crippen molar-refractivity contribution in [2.75, 3.05) is 13.2 Å². The van der Waals surface area contributed by atoms with Crippen molar-refractivity contribution in [2.24, 2.45) is 21.6 Å². The van der Waals surface area contributed by atoms with Gasteiger partial charge in [0.25, 0.3) is 11.6 Å². The van der Waals surface area contributed by atoms with Gasteiger partial charge in [-0.15, -0.1) is 0 Å². The lowest BCUT2D eigenvalue weighted by molar-refractivity contribution is -0.384. The molecule has 0 bridgehead atoms. The molecule has 1 aromatic rings. The number of aliphatic imine (C=N–C) groups is 1. The Balaban J connectivity index is 2.22. The number of halogens is 1. The fraction of sp³-hybridized carbons (Fsp3) is 0.471. The van der Waals surface area contributed by atoms with E-state index in [1.54, 1.807) is 13.8 Å². The molecule has 0 unspecified atom stereocenters. The summed E-state index contributed by atoms with van der Waals surface area (Å²) in [6, 6.07) is 8.13. The van der Waals surface area contributed by atoms with Crippen molar-refractivity contribution in [3.8, 4) is 12.1 Å². The molecule has 0 amide bonds. The molecule has 3 rings (SSSR count). The van der Waals surface area contributed by atoms with E-state index in [2.05, 4.69) is 17.1 Å². The number of rotatable bonds is 6. The molecule has 9 nitrogen and oxygen atoms in total. The highest BCUT2D eigenvalue weighted by Crippen LogP contribution is 2.82. The SMILES string of the molecule is CCOC1(OCC)N=C(N)[C@@]2(C#N)[C@H](c3ccc([N+](=O)[O-])cc3Cl)[C@@]12C#N. The highest BCUT2D eigenvalue weighted by Gasteiger charge is 2.94. The second kappa shape index (κ2) is 6.17. The minimum absolute atomic E-state index is 0.0579. The first-order valence-corrected chi connectivity index (χ1v) is 8.59. The van der Waals surface area contributed by atoms with Crippen molar-refractivity contribution in [1.82, 2.24) is 0 Å². The molecule has 0 saturated heterocycles. The summed E-state index contributed by atoms with van der Waals surface area (Å²) < 4.78 is 11.4. The van der Waals surface area contributed by atoms with E-state index >= 15 is 0 Å². The van der Waals surface area contributed by atoms with Gasteiger partial charge in [0, 0.05) is 31.3 Å². The monoisotopic (exact) mass is 389 g/mol. The topological polar surface area (TPSA) is 148 Å². The smallest absolute Gasteiger partial charge is 0.293 e. The van der Waals surface area contributed by atoms with Gasteiger partial charge in [0.1, 0.15) is 11.3 Å².